The number of hydrogen-bond acceptors (Lipinski definition) is 7. The fourth-order valence-electron chi connectivity index (χ4n) is 6.97. The maximum Gasteiger partial charge on any atom is 0.306 e. The molecular weight excluding hydrogens is 666 g/mol. The highest BCUT2D eigenvalue weighted by molar-refractivity contribution is 7.91. The van der Waals surface area contributed by atoms with Crippen molar-refractivity contribution in [2.45, 2.75) is 64.4 Å². The Labute approximate surface area is 289 Å². The van der Waals surface area contributed by atoms with Crippen LogP contribution in [0, 0.1) is 17.0 Å². The van der Waals surface area contributed by atoms with Gasteiger partial charge in [0.25, 0.3) is 0 Å². The van der Waals surface area contributed by atoms with E-state index < -0.39 is 50.8 Å². The lowest BCUT2D eigenvalue weighted by Crippen LogP contribution is -2.29. The number of benzene rings is 3. The summed E-state index contributed by atoms with van der Waals surface area (Å²) in [7, 11) is -1.98. The van der Waals surface area contributed by atoms with E-state index in [1.54, 1.807) is 37.5 Å². The molecule has 3 aromatic carbocycles. The molecule has 0 aliphatic carbocycles. The van der Waals surface area contributed by atoms with Crippen molar-refractivity contribution in [1.29, 1.82) is 0 Å². The molecule has 0 spiro atoms. The number of aliphatic hydroxyl groups excluding tert-OH is 1. The summed E-state index contributed by atoms with van der Waals surface area (Å²) in [5.74, 6) is -2.24. The number of rotatable bonds is 4. The molecule has 3 heterocycles. The Morgan fingerprint density at radius 2 is 1.86 bits per heavy atom. The average Bonchev–Trinajstić information content (AvgIpc) is 3.67. The smallest absolute Gasteiger partial charge is 0.306 e. The van der Waals surface area contributed by atoms with Gasteiger partial charge in [0.2, 0.25) is 0 Å². The van der Waals surface area contributed by atoms with E-state index in [1.165, 1.54) is 28.9 Å². The molecule has 3 N–H and O–H groups in total. The largest absolute Gasteiger partial charge is 0.481 e. The van der Waals surface area contributed by atoms with Crippen LogP contribution >= 0.6 is 0 Å². The van der Waals surface area contributed by atoms with Crippen LogP contribution in [0.15, 0.2) is 60.8 Å². The lowest BCUT2D eigenvalue weighted by Gasteiger charge is -2.31. The van der Waals surface area contributed by atoms with Gasteiger partial charge in [0.1, 0.15) is 11.6 Å². The molecule has 264 valence electrons. The maximum absolute atomic E-state index is 15.7. The SMILES string of the molecule is Cn1nc2nc1-c1cc(ccc1F)Oc1c(F)cc3[nH]ccc3c1CCS(=O)(=O)CC(C)(C)CCCC2(C)c1cccc(C(O)CC(=O)O)c1. The summed E-state index contributed by atoms with van der Waals surface area (Å²) in [6, 6.07) is 14.0. The first-order valence-electron chi connectivity index (χ1n) is 16.4. The molecule has 13 heteroatoms. The number of carboxylic acids is 1. The number of aliphatic hydroxyl groups is 1. The van der Waals surface area contributed by atoms with Gasteiger partial charge in [0, 0.05) is 35.8 Å². The van der Waals surface area contributed by atoms with Gasteiger partial charge in [-0.2, -0.15) is 5.10 Å². The second-order valence-corrected chi connectivity index (χ2v) is 16.3. The predicted octanol–water partition coefficient (Wildman–Crippen LogP) is 7.02. The van der Waals surface area contributed by atoms with Crippen LogP contribution in [0.4, 0.5) is 8.78 Å². The number of aromatic nitrogens is 4. The molecule has 2 atom stereocenters. The zero-order valence-electron chi connectivity index (χ0n) is 28.3. The first kappa shape index (κ1) is 35.2. The van der Waals surface area contributed by atoms with E-state index in [2.05, 4.69) is 4.98 Å². The number of carboxylic acid groups (broad SMARTS) is 1. The predicted molar refractivity (Wildman–Crippen MR) is 185 cm³/mol. The number of H-pyrrole nitrogens is 1. The molecule has 6 rings (SSSR count). The van der Waals surface area contributed by atoms with Gasteiger partial charge in [-0.15, -0.1) is 0 Å². The Balaban J connectivity index is 1.50. The standard InChI is InChI=1S/C37H40F2N4O6S/c1-36(2)13-6-14-37(3,23-8-5-7-22(17-23)31(44)20-32(45)46)35-41-34(43(4)42-35)27-18-24(9-10-28(27)38)49-33-26(12-16-50(47,48)21-36)25-11-15-40-30(25)19-29(33)39/h5,7-11,15,17-19,31,40,44H,6,12-14,16,20-21H2,1-4H3,(H,45,46). The lowest BCUT2D eigenvalue weighted by atomic mass is 9.75. The molecule has 0 saturated carbocycles. The van der Waals surface area contributed by atoms with Crippen molar-refractivity contribution in [1.82, 2.24) is 19.7 Å². The molecule has 0 saturated heterocycles. The van der Waals surface area contributed by atoms with E-state index >= 15 is 8.78 Å². The van der Waals surface area contributed by atoms with Crippen LogP contribution in [0.1, 0.15) is 75.1 Å². The number of aryl methyl sites for hydroxylation is 2. The third kappa shape index (κ3) is 7.15. The van der Waals surface area contributed by atoms with Gasteiger partial charge in [-0.3, -0.25) is 4.79 Å². The first-order valence-corrected chi connectivity index (χ1v) is 18.3. The fraction of sp³-hybridized carbons (Fsp3) is 0.378. The quantitative estimate of drug-likeness (QED) is 0.181. The second kappa shape index (κ2) is 13.3. The van der Waals surface area contributed by atoms with E-state index in [0.717, 1.165) is 0 Å². The Bertz CT molecular complexity index is 2200. The van der Waals surface area contributed by atoms with E-state index in [1.807, 2.05) is 26.8 Å². The highest BCUT2D eigenvalue weighted by Crippen LogP contribution is 2.41. The Hall–Kier alpha value is -4.62. The van der Waals surface area contributed by atoms with Gasteiger partial charge in [-0.1, -0.05) is 44.5 Å². The molecule has 50 heavy (non-hydrogen) atoms. The minimum Gasteiger partial charge on any atom is -0.481 e. The molecular formula is C37H40F2N4O6S. The van der Waals surface area contributed by atoms with Crippen molar-refractivity contribution in [3.8, 4) is 22.9 Å². The monoisotopic (exact) mass is 706 g/mol. The molecule has 5 aromatic rings. The summed E-state index contributed by atoms with van der Waals surface area (Å²) in [5.41, 5.74) is 0.530. The minimum absolute atomic E-state index is 0.00268. The minimum atomic E-state index is -3.62. The number of halogens is 2. The second-order valence-electron chi connectivity index (χ2n) is 14.2. The van der Waals surface area contributed by atoms with Gasteiger partial charge in [-0.25, -0.2) is 26.9 Å². The molecule has 1 aliphatic heterocycles. The van der Waals surface area contributed by atoms with Crippen molar-refractivity contribution in [3.63, 3.8) is 0 Å². The summed E-state index contributed by atoms with van der Waals surface area (Å²) < 4.78 is 66.0. The molecule has 2 aromatic heterocycles. The summed E-state index contributed by atoms with van der Waals surface area (Å²) >= 11 is 0. The van der Waals surface area contributed by atoms with Gasteiger partial charge in [-0.05, 0) is 67.0 Å². The van der Waals surface area contributed by atoms with E-state index in [-0.39, 0.29) is 40.8 Å². The number of nitrogens with one attached hydrogen (secondary N) is 1. The summed E-state index contributed by atoms with van der Waals surface area (Å²) in [4.78, 5) is 19.2. The number of aromatic amines is 1. The normalized spacial score (nSPS) is 19.9. The molecule has 10 nitrogen and oxygen atoms in total. The third-order valence-corrected chi connectivity index (χ3v) is 11.6. The van der Waals surface area contributed by atoms with Crippen LogP contribution in [0.25, 0.3) is 22.3 Å². The van der Waals surface area contributed by atoms with Gasteiger partial charge < -0.3 is 19.9 Å². The van der Waals surface area contributed by atoms with E-state index in [4.69, 9.17) is 14.8 Å². The average molecular weight is 707 g/mol. The van der Waals surface area contributed by atoms with Gasteiger partial charge >= 0.3 is 5.97 Å². The van der Waals surface area contributed by atoms with Crippen LogP contribution in [0.2, 0.25) is 0 Å². The van der Waals surface area contributed by atoms with E-state index in [9.17, 15) is 23.4 Å². The molecule has 4 bridgehead atoms. The lowest BCUT2D eigenvalue weighted by molar-refractivity contribution is -0.139. The maximum atomic E-state index is 15.7. The number of sulfone groups is 1. The zero-order valence-corrected chi connectivity index (χ0v) is 29.2. The number of hydrogen-bond donors (Lipinski definition) is 3. The van der Waals surface area contributed by atoms with Gasteiger partial charge in [0.05, 0.1) is 35.0 Å². The molecule has 0 fully saturated rings. The Morgan fingerprint density at radius 1 is 1.08 bits per heavy atom. The number of nitrogens with zero attached hydrogens (tertiary/aromatic N) is 3. The first-order chi connectivity index (χ1) is 23.5. The van der Waals surface area contributed by atoms with E-state index in [0.29, 0.717) is 52.7 Å². The van der Waals surface area contributed by atoms with Crippen molar-refractivity contribution >= 4 is 26.7 Å². The molecule has 1 aliphatic rings. The Morgan fingerprint density at radius 3 is 2.62 bits per heavy atom. The summed E-state index contributed by atoms with van der Waals surface area (Å²) in [6.07, 6.45) is 1.48. The Kier molecular flexibility index (Phi) is 9.33. The topological polar surface area (TPSA) is 147 Å². The fourth-order valence-corrected chi connectivity index (χ4v) is 8.96. The number of carbonyl (C=O) groups is 1. The van der Waals surface area contributed by atoms with Gasteiger partial charge in [0.15, 0.2) is 33.1 Å². The number of ether oxygens (including phenoxy) is 1. The van der Waals surface area contributed by atoms with Crippen molar-refractivity contribution in [3.05, 3.63) is 94.9 Å². The van der Waals surface area contributed by atoms with Crippen LogP contribution in [-0.2, 0) is 33.5 Å². The van der Waals surface area contributed by atoms with Crippen molar-refractivity contribution in [2.75, 3.05) is 11.5 Å². The van der Waals surface area contributed by atoms with Crippen LogP contribution < -0.4 is 4.74 Å². The summed E-state index contributed by atoms with van der Waals surface area (Å²) in [6.45, 7) is 5.72. The van der Waals surface area contributed by atoms with Crippen LogP contribution in [-0.4, -0.2) is 55.9 Å². The highest BCUT2D eigenvalue weighted by atomic mass is 32.2. The highest BCUT2D eigenvalue weighted by Gasteiger charge is 2.36. The van der Waals surface area contributed by atoms with Crippen molar-refractivity contribution in [2.24, 2.45) is 12.5 Å². The van der Waals surface area contributed by atoms with Crippen molar-refractivity contribution < 1.29 is 36.9 Å². The zero-order chi connectivity index (χ0) is 36.0. The van der Waals surface area contributed by atoms with Crippen LogP contribution in [0.5, 0.6) is 11.5 Å². The number of aliphatic carboxylic acids is 1. The molecule has 0 radical (unpaired) electrons. The third-order valence-electron chi connectivity index (χ3n) is 9.60. The molecule has 0 amide bonds. The number of fused-ring (bicyclic) bond motifs is 8. The summed E-state index contributed by atoms with van der Waals surface area (Å²) in [5, 5.41) is 25.3. The molecule has 2 unspecified atom stereocenters. The van der Waals surface area contributed by atoms with Crippen LogP contribution in [0.3, 0.4) is 0 Å².